The van der Waals surface area contributed by atoms with E-state index >= 15 is 0 Å². The van der Waals surface area contributed by atoms with Crippen LogP contribution in [0.25, 0.3) is 0 Å². The topological polar surface area (TPSA) is 101 Å². The highest BCUT2D eigenvalue weighted by atomic mass is 35.5. The van der Waals surface area contributed by atoms with Crippen molar-refractivity contribution in [2.75, 3.05) is 12.5 Å². The lowest BCUT2D eigenvalue weighted by atomic mass is 10.1. The van der Waals surface area contributed by atoms with Crippen LogP contribution in [0.1, 0.15) is 26.4 Å². The Kier molecular flexibility index (Phi) is 6.19. The van der Waals surface area contributed by atoms with Crippen LogP contribution in [-0.2, 0) is 4.74 Å². The Labute approximate surface area is 157 Å². The summed E-state index contributed by atoms with van der Waals surface area (Å²) in [6.07, 6.45) is 1.42. The molecule has 0 aliphatic carbocycles. The standard InChI is InChI=1S/C15H10Cl3N3O4/c1-25-15(24)8-4-2-7(3-5-8)6-19-21-11-9(16)12(14(22)23)20-13(18)10(11)17/h2-6H,1H3,(H,20,21)(H,22,23). The van der Waals surface area contributed by atoms with Gasteiger partial charge in [0.05, 0.1) is 24.6 Å². The predicted octanol–water partition coefficient (Wildman–Crippen LogP) is 3.97. The maximum Gasteiger partial charge on any atom is 0.356 e. The fourth-order valence-corrected chi connectivity index (χ4v) is 2.41. The van der Waals surface area contributed by atoms with E-state index < -0.39 is 17.6 Å². The second kappa shape index (κ2) is 8.15. The molecule has 2 aromatic rings. The molecule has 0 unspecified atom stereocenters. The van der Waals surface area contributed by atoms with Gasteiger partial charge in [-0.05, 0) is 17.7 Å². The highest BCUT2D eigenvalue weighted by molar-refractivity contribution is 6.46. The van der Waals surface area contributed by atoms with Crippen molar-refractivity contribution in [2.45, 2.75) is 0 Å². The molecule has 0 aliphatic heterocycles. The number of nitrogens with zero attached hydrogens (tertiary/aromatic N) is 2. The summed E-state index contributed by atoms with van der Waals surface area (Å²) >= 11 is 17.7. The third-order valence-electron chi connectivity index (χ3n) is 2.96. The quantitative estimate of drug-likeness (QED) is 0.340. The summed E-state index contributed by atoms with van der Waals surface area (Å²) in [6.45, 7) is 0. The lowest BCUT2D eigenvalue weighted by Gasteiger charge is -2.09. The van der Waals surface area contributed by atoms with Crippen LogP contribution in [0.15, 0.2) is 29.4 Å². The number of carboxylic acids is 1. The molecule has 0 saturated carbocycles. The fraction of sp³-hybridized carbons (Fsp3) is 0.0667. The Hall–Kier alpha value is -2.35. The van der Waals surface area contributed by atoms with Crippen molar-refractivity contribution >= 4 is 58.6 Å². The molecule has 0 aliphatic rings. The van der Waals surface area contributed by atoms with Gasteiger partial charge in [0.15, 0.2) is 10.8 Å². The van der Waals surface area contributed by atoms with E-state index in [-0.39, 0.29) is 20.9 Å². The van der Waals surface area contributed by atoms with Crippen LogP contribution < -0.4 is 5.43 Å². The van der Waals surface area contributed by atoms with E-state index in [2.05, 4.69) is 20.2 Å². The average molecular weight is 403 g/mol. The number of hydrogen-bond acceptors (Lipinski definition) is 6. The van der Waals surface area contributed by atoms with Gasteiger partial charge in [-0.15, -0.1) is 0 Å². The van der Waals surface area contributed by atoms with Crippen molar-refractivity contribution < 1.29 is 19.4 Å². The maximum atomic E-state index is 11.4. The lowest BCUT2D eigenvalue weighted by Crippen LogP contribution is -2.05. The molecule has 0 amide bonds. The summed E-state index contributed by atoms with van der Waals surface area (Å²) in [7, 11) is 1.29. The average Bonchev–Trinajstić information content (AvgIpc) is 2.60. The highest BCUT2D eigenvalue weighted by Gasteiger charge is 2.20. The molecule has 130 valence electrons. The van der Waals surface area contributed by atoms with E-state index in [9.17, 15) is 9.59 Å². The van der Waals surface area contributed by atoms with Gasteiger partial charge < -0.3 is 9.84 Å². The minimum atomic E-state index is -1.35. The largest absolute Gasteiger partial charge is 0.476 e. The first kappa shape index (κ1) is 19.0. The Bertz CT molecular complexity index is 854. The number of anilines is 1. The van der Waals surface area contributed by atoms with Gasteiger partial charge in [0.2, 0.25) is 0 Å². The van der Waals surface area contributed by atoms with Gasteiger partial charge in [0.25, 0.3) is 0 Å². The molecule has 7 nitrogen and oxygen atoms in total. The summed E-state index contributed by atoms with van der Waals surface area (Å²) in [5.74, 6) is -1.80. The first-order valence-corrected chi connectivity index (χ1v) is 7.73. The molecule has 1 aromatic carbocycles. The number of carbonyl (C=O) groups excluding carboxylic acids is 1. The molecule has 0 bridgehead atoms. The van der Waals surface area contributed by atoms with Gasteiger partial charge in [-0.25, -0.2) is 14.6 Å². The van der Waals surface area contributed by atoms with Crippen molar-refractivity contribution in [2.24, 2.45) is 5.10 Å². The third kappa shape index (κ3) is 4.39. The second-order valence-corrected chi connectivity index (χ2v) is 5.66. The molecule has 10 heteroatoms. The number of halogens is 3. The molecule has 0 saturated heterocycles. The van der Waals surface area contributed by atoms with E-state index in [1.165, 1.54) is 13.3 Å². The number of hydrazone groups is 1. The number of aromatic nitrogens is 1. The molecule has 2 N–H and O–H groups in total. The smallest absolute Gasteiger partial charge is 0.356 e. The molecule has 1 heterocycles. The number of esters is 1. The fourth-order valence-electron chi connectivity index (χ4n) is 1.75. The number of methoxy groups -OCH3 is 1. The number of ether oxygens (including phenoxy) is 1. The highest BCUT2D eigenvalue weighted by Crippen LogP contribution is 2.36. The number of carboxylic acid groups (broad SMARTS) is 1. The van der Waals surface area contributed by atoms with Crippen LogP contribution in [-0.4, -0.2) is 35.4 Å². The Balaban J connectivity index is 2.22. The molecule has 0 atom stereocenters. The van der Waals surface area contributed by atoms with Gasteiger partial charge in [-0.2, -0.15) is 5.10 Å². The molecular formula is C15H10Cl3N3O4. The molecule has 2 rings (SSSR count). The monoisotopic (exact) mass is 401 g/mol. The predicted molar refractivity (Wildman–Crippen MR) is 95.2 cm³/mol. The van der Waals surface area contributed by atoms with Crippen LogP contribution >= 0.6 is 34.8 Å². The van der Waals surface area contributed by atoms with Gasteiger partial charge in [0, 0.05) is 0 Å². The number of nitrogens with one attached hydrogen (secondary N) is 1. The number of carbonyl (C=O) groups is 2. The van der Waals surface area contributed by atoms with Crippen molar-refractivity contribution in [1.82, 2.24) is 4.98 Å². The van der Waals surface area contributed by atoms with Crippen molar-refractivity contribution in [1.29, 1.82) is 0 Å². The summed E-state index contributed by atoms with van der Waals surface area (Å²) in [4.78, 5) is 26.0. The first-order chi connectivity index (χ1) is 11.8. The number of pyridine rings is 1. The zero-order chi connectivity index (χ0) is 18.6. The van der Waals surface area contributed by atoms with Gasteiger partial charge in [-0.1, -0.05) is 46.9 Å². The zero-order valence-electron chi connectivity index (χ0n) is 12.6. The van der Waals surface area contributed by atoms with Gasteiger partial charge in [-0.3, -0.25) is 5.43 Å². The molecule has 25 heavy (non-hydrogen) atoms. The van der Waals surface area contributed by atoms with Crippen LogP contribution in [0.4, 0.5) is 5.69 Å². The SMILES string of the molecule is COC(=O)c1ccc(C=NNc2c(Cl)c(Cl)nc(C(=O)O)c2Cl)cc1. The molecule has 0 radical (unpaired) electrons. The molecule has 1 aromatic heterocycles. The Morgan fingerprint density at radius 2 is 1.84 bits per heavy atom. The minimum Gasteiger partial charge on any atom is -0.476 e. The number of rotatable bonds is 5. The van der Waals surface area contributed by atoms with E-state index in [1.54, 1.807) is 24.3 Å². The van der Waals surface area contributed by atoms with E-state index in [1.807, 2.05) is 0 Å². The summed E-state index contributed by atoms with van der Waals surface area (Å²) in [5, 5.41) is 12.5. The first-order valence-electron chi connectivity index (χ1n) is 6.60. The summed E-state index contributed by atoms with van der Waals surface area (Å²) in [6, 6.07) is 6.42. The maximum absolute atomic E-state index is 11.4. The van der Waals surface area contributed by atoms with E-state index in [0.717, 1.165) is 0 Å². The zero-order valence-corrected chi connectivity index (χ0v) is 14.9. The van der Waals surface area contributed by atoms with Crippen molar-refractivity contribution in [3.8, 4) is 0 Å². The van der Waals surface area contributed by atoms with Crippen molar-refractivity contribution in [3.63, 3.8) is 0 Å². The van der Waals surface area contributed by atoms with Gasteiger partial charge >= 0.3 is 11.9 Å². The number of benzene rings is 1. The number of hydrogen-bond donors (Lipinski definition) is 2. The minimum absolute atomic E-state index is 0.0168. The van der Waals surface area contributed by atoms with Crippen LogP contribution in [0.5, 0.6) is 0 Å². The molecule has 0 fully saturated rings. The molecular weight excluding hydrogens is 393 g/mol. The molecule has 0 spiro atoms. The Morgan fingerprint density at radius 3 is 2.40 bits per heavy atom. The van der Waals surface area contributed by atoms with Crippen molar-refractivity contribution in [3.05, 3.63) is 56.3 Å². The van der Waals surface area contributed by atoms with Gasteiger partial charge in [0.1, 0.15) is 10.0 Å². The number of aromatic carboxylic acids is 1. The lowest BCUT2D eigenvalue weighted by molar-refractivity contribution is 0.0599. The Morgan fingerprint density at radius 1 is 1.20 bits per heavy atom. The second-order valence-electron chi connectivity index (χ2n) is 4.54. The summed E-state index contributed by atoms with van der Waals surface area (Å²) in [5.41, 5.74) is 3.16. The summed E-state index contributed by atoms with van der Waals surface area (Å²) < 4.78 is 4.60. The van der Waals surface area contributed by atoms with E-state index in [4.69, 9.17) is 39.9 Å². The normalized spacial score (nSPS) is 10.7. The van der Waals surface area contributed by atoms with Crippen LogP contribution in [0, 0.1) is 0 Å². The van der Waals surface area contributed by atoms with Crippen LogP contribution in [0.3, 0.4) is 0 Å². The third-order valence-corrected chi connectivity index (χ3v) is 4.07. The van der Waals surface area contributed by atoms with Crippen LogP contribution in [0.2, 0.25) is 15.2 Å². The van der Waals surface area contributed by atoms with E-state index in [0.29, 0.717) is 11.1 Å².